The summed E-state index contributed by atoms with van der Waals surface area (Å²) in [6, 6.07) is 11.3. The molecule has 1 N–H and O–H groups in total. The van der Waals surface area contributed by atoms with E-state index in [9.17, 15) is 4.79 Å². The van der Waals surface area contributed by atoms with Crippen molar-refractivity contribution in [1.82, 2.24) is 0 Å². The lowest BCUT2D eigenvalue weighted by Gasteiger charge is -2.21. The van der Waals surface area contributed by atoms with Crippen molar-refractivity contribution in [1.29, 1.82) is 0 Å². The van der Waals surface area contributed by atoms with Crippen LogP contribution in [-0.2, 0) is 0 Å². The van der Waals surface area contributed by atoms with Gasteiger partial charge in [0.2, 0.25) is 0 Å². The molecule has 20 heavy (non-hydrogen) atoms. The summed E-state index contributed by atoms with van der Waals surface area (Å²) in [4.78, 5) is 14.9. The molecule has 1 aromatic heterocycles. The lowest BCUT2D eigenvalue weighted by Crippen LogP contribution is -2.21. The van der Waals surface area contributed by atoms with Crippen molar-refractivity contribution in [3.63, 3.8) is 0 Å². The van der Waals surface area contributed by atoms with Gasteiger partial charge in [-0.3, -0.25) is 4.79 Å². The molecule has 0 spiro atoms. The summed E-state index contributed by atoms with van der Waals surface area (Å²) in [5, 5.41) is 2.87. The van der Waals surface area contributed by atoms with Crippen molar-refractivity contribution in [2.75, 3.05) is 23.3 Å². The Balaban J connectivity index is 2.05. The molecule has 0 aliphatic rings. The Kier molecular flexibility index (Phi) is 5.04. The number of rotatable bonds is 5. The molecule has 3 nitrogen and oxygen atoms in total. The van der Waals surface area contributed by atoms with Crippen LogP contribution in [-0.4, -0.2) is 19.0 Å². The van der Waals surface area contributed by atoms with Crippen LogP contribution in [0.25, 0.3) is 0 Å². The van der Waals surface area contributed by atoms with Crippen molar-refractivity contribution >= 4 is 40.2 Å². The Hall–Kier alpha value is -1.52. The minimum Gasteiger partial charge on any atom is -0.372 e. The highest BCUT2D eigenvalue weighted by Crippen LogP contribution is 2.23. The molecule has 1 heterocycles. The van der Waals surface area contributed by atoms with Gasteiger partial charge in [-0.15, -0.1) is 11.3 Å². The Morgan fingerprint density at radius 3 is 2.30 bits per heavy atom. The monoisotopic (exact) mass is 308 g/mol. The number of nitrogens with zero attached hydrogens (tertiary/aromatic N) is 1. The largest absolute Gasteiger partial charge is 0.372 e. The molecule has 2 aromatic rings. The van der Waals surface area contributed by atoms with Crippen molar-refractivity contribution in [2.24, 2.45) is 0 Å². The number of hydrogen-bond donors (Lipinski definition) is 1. The van der Waals surface area contributed by atoms with E-state index in [0.717, 1.165) is 24.5 Å². The highest BCUT2D eigenvalue weighted by molar-refractivity contribution is 7.18. The van der Waals surface area contributed by atoms with Gasteiger partial charge < -0.3 is 10.2 Å². The molecule has 0 aliphatic carbocycles. The second-order valence-corrected chi connectivity index (χ2v) is 5.99. The van der Waals surface area contributed by atoms with E-state index in [1.807, 2.05) is 24.3 Å². The predicted molar refractivity (Wildman–Crippen MR) is 87.3 cm³/mol. The number of halogens is 1. The summed E-state index contributed by atoms with van der Waals surface area (Å²) >= 11 is 7.10. The average molecular weight is 309 g/mol. The molecule has 1 amide bonds. The maximum Gasteiger partial charge on any atom is 0.265 e. The van der Waals surface area contributed by atoms with Crippen LogP contribution in [0.15, 0.2) is 36.4 Å². The van der Waals surface area contributed by atoms with Crippen molar-refractivity contribution in [3.8, 4) is 0 Å². The van der Waals surface area contributed by atoms with Crippen molar-refractivity contribution in [2.45, 2.75) is 13.8 Å². The standard InChI is InChI=1S/C15H17ClN2OS/c1-3-18(4-2)12-7-5-11(6-8-12)17-15(19)13-9-10-14(16)20-13/h5-10H,3-4H2,1-2H3,(H,17,19). The van der Waals surface area contributed by atoms with E-state index in [4.69, 9.17) is 11.6 Å². The van der Waals surface area contributed by atoms with Gasteiger partial charge in [0, 0.05) is 24.5 Å². The van der Waals surface area contributed by atoms with Crippen molar-refractivity contribution < 1.29 is 4.79 Å². The normalized spacial score (nSPS) is 10.3. The zero-order valence-electron chi connectivity index (χ0n) is 11.5. The van der Waals surface area contributed by atoms with Crippen LogP contribution in [0.5, 0.6) is 0 Å². The van der Waals surface area contributed by atoms with E-state index in [1.165, 1.54) is 11.3 Å². The maximum absolute atomic E-state index is 12.0. The summed E-state index contributed by atoms with van der Waals surface area (Å²) < 4.78 is 0.618. The molecule has 0 bridgehead atoms. The highest BCUT2D eigenvalue weighted by atomic mass is 35.5. The molecule has 0 aliphatic heterocycles. The van der Waals surface area contributed by atoms with Gasteiger partial charge in [-0.1, -0.05) is 11.6 Å². The molecule has 1 aromatic carbocycles. The fourth-order valence-electron chi connectivity index (χ4n) is 1.97. The lowest BCUT2D eigenvalue weighted by atomic mass is 10.2. The van der Waals surface area contributed by atoms with Gasteiger partial charge in [0.15, 0.2) is 0 Å². The molecular formula is C15H17ClN2OS. The van der Waals surface area contributed by atoms with E-state index in [-0.39, 0.29) is 5.91 Å². The predicted octanol–water partition coefficient (Wildman–Crippen LogP) is 4.50. The Bertz CT molecular complexity index is 576. The maximum atomic E-state index is 12.0. The second-order valence-electron chi connectivity index (χ2n) is 4.28. The summed E-state index contributed by atoms with van der Waals surface area (Å²) in [6.45, 7) is 6.19. The van der Waals surface area contributed by atoms with E-state index >= 15 is 0 Å². The van der Waals surface area contributed by atoms with E-state index in [0.29, 0.717) is 9.21 Å². The molecule has 0 fully saturated rings. The molecule has 0 unspecified atom stereocenters. The number of amides is 1. The lowest BCUT2D eigenvalue weighted by molar-refractivity contribution is 0.103. The van der Waals surface area contributed by atoms with Crippen molar-refractivity contribution in [3.05, 3.63) is 45.6 Å². The van der Waals surface area contributed by atoms with Crippen LogP contribution in [0, 0.1) is 0 Å². The summed E-state index contributed by atoms with van der Waals surface area (Å²) in [6.07, 6.45) is 0. The van der Waals surface area contributed by atoms with E-state index < -0.39 is 0 Å². The number of carbonyl (C=O) groups excluding carboxylic acids is 1. The van der Waals surface area contributed by atoms with Gasteiger partial charge in [0.25, 0.3) is 5.91 Å². The quantitative estimate of drug-likeness (QED) is 0.882. The summed E-state index contributed by atoms with van der Waals surface area (Å²) in [7, 11) is 0. The minimum absolute atomic E-state index is 0.127. The van der Waals surface area contributed by atoms with Gasteiger partial charge in [0.05, 0.1) is 9.21 Å². The third-order valence-electron chi connectivity index (χ3n) is 3.05. The Morgan fingerprint density at radius 1 is 1.15 bits per heavy atom. The second kappa shape index (κ2) is 6.77. The number of benzene rings is 1. The molecular weight excluding hydrogens is 292 g/mol. The molecule has 0 atom stereocenters. The highest BCUT2D eigenvalue weighted by Gasteiger charge is 2.09. The first-order valence-corrected chi connectivity index (χ1v) is 7.75. The SMILES string of the molecule is CCN(CC)c1ccc(NC(=O)c2ccc(Cl)s2)cc1. The zero-order valence-corrected chi connectivity index (χ0v) is 13.1. The number of thiophene rings is 1. The number of nitrogens with one attached hydrogen (secondary N) is 1. The average Bonchev–Trinajstić information content (AvgIpc) is 2.89. The molecule has 0 radical (unpaired) electrons. The Labute approximate surface area is 128 Å². The van der Waals surface area contributed by atoms with Gasteiger partial charge in [-0.25, -0.2) is 0 Å². The first-order chi connectivity index (χ1) is 9.63. The first kappa shape index (κ1) is 14.9. The molecule has 5 heteroatoms. The van der Waals surface area contributed by atoms with E-state index in [1.54, 1.807) is 12.1 Å². The minimum atomic E-state index is -0.127. The van der Waals surface area contributed by atoms with Gasteiger partial charge >= 0.3 is 0 Å². The third-order valence-corrected chi connectivity index (χ3v) is 4.28. The van der Waals surface area contributed by atoms with Gasteiger partial charge in [-0.2, -0.15) is 0 Å². The van der Waals surface area contributed by atoms with Crippen LogP contribution < -0.4 is 10.2 Å². The number of hydrogen-bond acceptors (Lipinski definition) is 3. The van der Waals surface area contributed by atoms with Gasteiger partial charge in [-0.05, 0) is 50.2 Å². The van der Waals surface area contributed by atoms with Crippen LogP contribution in [0.4, 0.5) is 11.4 Å². The van der Waals surface area contributed by atoms with E-state index in [2.05, 4.69) is 24.1 Å². The van der Waals surface area contributed by atoms with Crippen LogP contribution >= 0.6 is 22.9 Å². The zero-order chi connectivity index (χ0) is 14.5. The van der Waals surface area contributed by atoms with Crippen LogP contribution in [0.1, 0.15) is 23.5 Å². The first-order valence-electron chi connectivity index (χ1n) is 6.55. The molecule has 0 saturated carbocycles. The molecule has 2 rings (SSSR count). The summed E-state index contributed by atoms with van der Waals surface area (Å²) in [5.41, 5.74) is 1.95. The topological polar surface area (TPSA) is 32.3 Å². The van der Waals surface area contributed by atoms with Crippen LogP contribution in [0.3, 0.4) is 0 Å². The summed E-state index contributed by atoms with van der Waals surface area (Å²) in [5.74, 6) is -0.127. The number of anilines is 2. The van der Waals surface area contributed by atoms with Gasteiger partial charge in [0.1, 0.15) is 0 Å². The molecule has 106 valence electrons. The number of carbonyl (C=O) groups is 1. The fourth-order valence-corrected chi connectivity index (χ4v) is 2.91. The third kappa shape index (κ3) is 3.52. The van der Waals surface area contributed by atoms with Crippen LogP contribution in [0.2, 0.25) is 4.34 Å². The smallest absolute Gasteiger partial charge is 0.265 e. The Morgan fingerprint density at radius 2 is 1.80 bits per heavy atom. The fraction of sp³-hybridized carbons (Fsp3) is 0.267. The molecule has 0 saturated heterocycles.